The third-order valence-corrected chi connectivity index (χ3v) is 3.81. The first-order valence-electron chi connectivity index (χ1n) is 8.33. The molecule has 2 aromatic carbocycles. The first-order chi connectivity index (χ1) is 12.9. The smallest absolute Gasteiger partial charge is 0.338 e. The maximum absolute atomic E-state index is 12.6. The summed E-state index contributed by atoms with van der Waals surface area (Å²) in [7, 11) is 5.35. The van der Waals surface area contributed by atoms with Gasteiger partial charge in [-0.3, -0.25) is 10.1 Å². The van der Waals surface area contributed by atoms with Crippen LogP contribution in [0.15, 0.2) is 48.5 Å². The minimum Gasteiger partial charge on any atom is -0.497 e. The molecule has 0 aliphatic rings. The fraction of sp³-hybridized carbons (Fsp3) is 0.250. The highest BCUT2D eigenvalue weighted by molar-refractivity contribution is 6.21. The van der Waals surface area contributed by atoms with Gasteiger partial charge in [-0.1, -0.05) is 12.1 Å². The van der Waals surface area contributed by atoms with Crippen LogP contribution in [0.3, 0.4) is 0 Å². The summed E-state index contributed by atoms with van der Waals surface area (Å²) in [5.74, 6) is 0.221. The van der Waals surface area contributed by atoms with Gasteiger partial charge < -0.3 is 14.4 Å². The second kappa shape index (κ2) is 9.49. The predicted molar refractivity (Wildman–Crippen MR) is 103 cm³/mol. The molecule has 2 rings (SSSR count). The lowest BCUT2D eigenvalue weighted by Gasteiger charge is -2.12. The number of nitro benzene ring substituents is 1. The van der Waals surface area contributed by atoms with Crippen LogP contribution in [0.2, 0.25) is 0 Å². The number of carbonyl (C=O) groups is 1. The molecule has 0 fully saturated rings. The van der Waals surface area contributed by atoms with Crippen molar-refractivity contribution in [2.24, 2.45) is 0 Å². The van der Waals surface area contributed by atoms with E-state index in [0.717, 1.165) is 5.56 Å². The number of benzene rings is 2. The number of non-ortho nitro benzene ring substituents is 1. The lowest BCUT2D eigenvalue weighted by atomic mass is 10.0. The molecule has 0 aliphatic heterocycles. The number of ether oxygens (including phenoxy) is 2. The summed E-state index contributed by atoms with van der Waals surface area (Å²) in [4.78, 5) is 24.9. The van der Waals surface area contributed by atoms with E-state index in [0.29, 0.717) is 23.4 Å². The van der Waals surface area contributed by atoms with E-state index in [-0.39, 0.29) is 12.3 Å². The van der Waals surface area contributed by atoms with Crippen LogP contribution in [-0.2, 0) is 9.53 Å². The molecule has 7 heteroatoms. The van der Waals surface area contributed by atoms with Crippen LogP contribution in [0.1, 0.15) is 11.1 Å². The van der Waals surface area contributed by atoms with Crippen molar-refractivity contribution < 1.29 is 19.2 Å². The van der Waals surface area contributed by atoms with Gasteiger partial charge in [-0.15, -0.1) is 0 Å². The zero-order chi connectivity index (χ0) is 19.8. The largest absolute Gasteiger partial charge is 0.497 e. The van der Waals surface area contributed by atoms with E-state index in [1.807, 2.05) is 31.1 Å². The molecule has 0 unspecified atom stereocenters. The van der Waals surface area contributed by atoms with Crippen LogP contribution in [0, 0.1) is 10.1 Å². The van der Waals surface area contributed by atoms with E-state index in [2.05, 4.69) is 0 Å². The first-order valence-corrected chi connectivity index (χ1v) is 8.33. The number of nitro groups is 1. The lowest BCUT2D eigenvalue weighted by Crippen LogP contribution is -2.20. The Hall–Kier alpha value is -3.19. The normalized spacial score (nSPS) is 11.3. The molecule has 0 amide bonds. The van der Waals surface area contributed by atoms with Crippen LogP contribution in [0.25, 0.3) is 11.6 Å². The zero-order valence-electron chi connectivity index (χ0n) is 15.5. The summed E-state index contributed by atoms with van der Waals surface area (Å²) in [6.45, 7) is 0.848. The maximum Gasteiger partial charge on any atom is 0.338 e. The molecule has 0 radical (unpaired) electrons. The Kier molecular flexibility index (Phi) is 7.08. The van der Waals surface area contributed by atoms with E-state index < -0.39 is 10.9 Å². The van der Waals surface area contributed by atoms with Crippen molar-refractivity contribution >= 4 is 23.3 Å². The molecule has 0 saturated heterocycles. The van der Waals surface area contributed by atoms with Gasteiger partial charge in [0.25, 0.3) is 5.69 Å². The standard InChI is InChI=1S/C20H22N2O5/c1-21(2)12-13-27-20(23)19(14-15-4-10-18(26-3)11-5-15)16-6-8-17(9-7-16)22(24)25/h4-11,14H,12-13H2,1-3H3/b19-14-. The van der Waals surface area contributed by atoms with Crippen molar-refractivity contribution in [2.75, 3.05) is 34.4 Å². The minimum atomic E-state index is -0.485. The van der Waals surface area contributed by atoms with E-state index >= 15 is 0 Å². The molecule has 142 valence electrons. The molecule has 0 aliphatic carbocycles. The number of carbonyl (C=O) groups excluding carboxylic acids is 1. The number of methoxy groups -OCH3 is 1. The number of rotatable bonds is 8. The molecule has 0 heterocycles. The summed E-state index contributed by atoms with van der Waals surface area (Å²) in [5.41, 5.74) is 1.62. The van der Waals surface area contributed by atoms with E-state index in [1.54, 1.807) is 37.5 Å². The molecule has 0 bridgehead atoms. The second-order valence-electron chi connectivity index (χ2n) is 6.07. The number of hydrogen-bond donors (Lipinski definition) is 0. The van der Waals surface area contributed by atoms with Gasteiger partial charge in [0, 0.05) is 18.7 Å². The number of likely N-dealkylation sites (N-methyl/N-ethyl adjacent to an activating group) is 1. The predicted octanol–water partition coefficient (Wildman–Crippen LogP) is 3.25. The van der Waals surface area contributed by atoms with Crippen LogP contribution in [-0.4, -0.2) is 50.1 Å². The van der Waals surface area contributed by atoms with Gasteiger partial charge >= 0.3 is 5.97 Å². The second-order valence-corrected chi connectivity index (χ2v) is 6.07. The molecule has 0 spiro atoms. The number of hydrogen-bond acceptors (Lipinski definition) is 6. The topological polar surface area (TPSA) is 81.9 Å². The third kappa shape index (κ3) is 5.93. The van der Waals surface area contributed by atoms with Crippen molar-refractivity contribution in [3.05, 3.63) is 69.8 Å². The van der Waals surface area contributed by atoms with Crippen LogP contribution >= 0.6 is 0 Å². The summed E-state index contributed by atoms with van der Waals surface area (Å²) in [5, 5.41) is 10.9. The van der Waals surface area contributed by atoms with Crippen molar-refractivity contribution in [1.82, 2.24) is 4.90 Å². The average Bonchev–Trinajstić information content (AvgIpc) is 2.66. The van der Waals surface area contributed by atoms with Crippen LogP contribution in [0.5, 0.6) is 5.75 Å². The molecule has 0 atom stereocenters. The fourth-order valence-electron chi connectivity index (χ4n) is 2.29. The van der Waals surface area contributed by atoms with Gasteiger partial charge in [-0.25, -0.2) is 4.79 Å². The van der Waals surface area contributed by atoms with E-state index in [9.17, 15) is 14.9 Å². The van der Waals surface area contributed by atoms with E-state index in [4.69, 9.17) is 9.47 Å². The van der Waals surface area contributed by atoms with Crippen molar-refractivity contribution in [3.8, 4) is 5.75 Å². The molecular weight excluding hydrogens is 348 g/mol. The average molecular weight is 370 g/mol. The summed E-state index contributed by atoms with van der Waals surface area (Å²) in [6, 6.07) is 13.0. The lowest BCUT2D eigenvalue weighted by molar-refractivity contribution is -0.384. The van der Waals surface area contributed by atoms with Gasteiger partial charge in [-0.2, -0.15) is 0 Å². The molecule has 7 nitrogen and oxygen atoms in total. The number of nitrogens with zero attached hydrogens (tertiary/aromatic N) is 2. The van der Waals surface area contributed by atoms with E-state index in [1.165, 1.54) is 12.1 Å². The Labute approximate surface area is 158 Å². The highest BCUT2D eigenvalue weighted by Gasteiger charge is 2.16. The molecule has 0 aromatic heterocycles. The molecule has 0 saturated carbocycles. The highest BCUT2D eigenvalue weighted by Crippen LogP contribution is 2.23. The van der Waals surface area contributed by atoms with Gasteiger partial charge in [0.1, 0.15) is 12.4 Å². The first kappa shape index (κ1) is 20.1. The molecule has 0 N–H and O–H groups in total. The minimum absolute atomic E-state index is 0.0384. The quantitative estimate of drug-likeness (QED) is 0.233. The van der Waals surface area contributed by atoms with Gasteiger partial charge in [0.2, 0.25) is 0 Å². The maximum atomic E-state index is 12.6. The number of esters is 1. The van der Waals surface area contributed by atoms with Gasteiger partial charge in [-0.05, 0) is 55.6 Å². The third-order valence-electron chi connectivity index (χ3n) is 3.81. The van der Waals surface area contributed by atoms with Crippen molar-refractivity contribution in [3.63, 3.8) is 0 Å². The molecule has 27 heavy (non-hydrogen) atoms. The molecular formula is C20H22N2O5. The Bertz CT molecular complexity index is 811. The summed E-state index contributed by atoms with van der Waals surface area (Å²) >= 11 is 0. The highest BCUT2D eigenvalue weighted by atomic mass is 16.6. The Morgan fingerprint density at radius 1 is 1.11 bits per heavy atom. The molecule has 2 aromatic rings. The summed E-state index contributed by atoms with van der Waals surface area (Å²) < 4.78 is 10.5. The Balaban J connectivity index is 2.32. The SMILES string of the molecule is COc1ccc(/C=C(\C(=O)OCCN(C)C)c2ccc([N+](=O)[O-])cc2)cc1. The Morgan fingerprint density at radius 2 is 1.74 bits per heavy atom. The van der Waals surface area contributed by atoms with Gasteiger partial charge in [0.15, 0.2) is 0 Å². The fourth-order valence-corrected chi connectivity index (χ4v) is 2.29. The monoisotopic (exact) mass is 370 g/mol. The zero-order valence-corrected chi connectivity index (χ0v) is 15.5. The van der Waals surface area contributed by atoms with Gasteiger partial charge in [0.05, 0.1) is 17.6 Å². The van der Waals surface area contributed by atoms with Crippen LogP contribution in [0.4, 0.5) is 5.69 Å². The van der Waals surface area contributed by atoms with Crippen molar-refractivity contribution in [1.29, 1.82) is 0 Å². The summed E-state index contributed by atoms with van der Waals surface area (Å²) in [6.07, 6.45) is 1.69. The van der Waals surface area contributed by atoms with Crippen molar-refractivity contribution in [2.45, 2.75) is 0 Å². The Morgan fingerprint density at radius 3 is 2.26 bits per heavy atom. The van der Waals surface area contributed by atoms with Crippen LogP contribution < -0.4 is 4.74 Å².